The van der Waals surface area contributed by atoms with Gasteiger partial charge in [0.2, 0.25) is 0 Å². The second-order valence-electron chi connectivity index (χ2n) is 7.90. The van der Waals surface area contributed by atoms with E-state index in [-0.39, 0.29) is 13.2 Å². The Hall–Kier alpha value is -3.58. The van der Waals surface area contributed by atoms with Crippen LogP contribution in [0.2, 0.25) is 0 Å². The topological polar surface area (TPSA) is 79.9 Å². The number of nitrogens with zero attached hydrogens (tertiary/aromatic N) is 1. The zero-order chi connectivity index (χ0) is 24.9. The molecule has 7 nitrogen and oxygen atoms in total. The Bertz CT molecular complexity index is 958. The molecule has 0 bridgehead atoms. The van der Waals surface area contributed by atoms with Gasteiger partial charge in [-0.25, -0.2) is 14.5 Å². The molecule has 0 spiro atoms. The molecule has 2 aromatic rings. The van der Waals surface area contributed by atoms with Crippen LogP contribution in [0.5, 0.6) is 5.75 Å². The summed E-state index contributed by atoms with van der Waals surface area (Å²) in [5.41, 5.74) is 2.41. The number of carbonyl (C=O) groups is 2. The van der Waals surface area contributed by atoms with Gasteiger partial charge < -0.3 is 20.1 Å². The number of benzene rings is 2. The fourth-order valence-corrected chi connectivity index (χ4v) is 3.11. The highest BCUT2D eigenvalue weighted by Crippen LogP contribution is 2.22. The summed E-state index contributed by atoms with van der Waals surface area (Å²) in [5.74, 6) is 1.19. The number of carbonyl (C=O) groups excluding carboxylic acids is 2. The maximum Gasteiger partial charge on any atom is 0.330 e. The van der Waals surface area contributed by atoms with Crippen LogP contribution in [0, 0.1) is 0 Å². The summed E-state index contributed by atoms with van der Waals surface area (Å²) >= 11 is 0. The lowest BCUT2D eigenvalue weighted by Crippen LogP contribution is -2.47. The molecule has 0 aliphatic rings. The Balaban J connectivity index is 1.96. The first-order chi connectivity index (χ1) is 16.3. The second kappa shape index (κ2) is 13.9. The quantitative estimate of drug-likeness (QED) is 0.303. The monoisotopic (exact) mass is 465 g/mol. The molecule has 0 radical (unpaired) electrons. The van der Waals surface area contributed by atoms with Crippen LogP contribution in [-0.2, 0) is 4.74 Å². The number of anilines is 1. The van der Waals surface area contributed by atoms with E-state index >= 15 is 0 Å². The average molecular weight is 466 g/mol. The third-order valence-electron chi connectivity index (χ3n) is 5.22. The highest BCUT2D eigenvalue weighted by atomic mass is 16.7. The predicted molar refractivity (Wildman–Crippen MR) is 136 cm³/mol. The van der Waals surface area contributed by atoms with E-state index in [2.05, 4.69) is 43.2 Å². The van der Waals surface area contributed by atoms with Crippen LogP contribution in [-0.4, -0.2) is 36.4 Å². The average Bonchev–Trinajstić information content (AvgIpc) is 2.82. The van der Waals surface area contributed by atoms with Gasteiger partial charge in [-0.05, 0) is 62.1 Å². The molecule has 2 rings (SSSR count). The van der Waals surface area contributed by atoms with Crippen molar-refractivity contribution >= 4 is 17.7 Å². The Morgan fingerprint density at radius 2 is 1.74 bits per heavy atom. The van der Waals surface area contributed by atoms with E-state index in [9.17, 15) is 9.59 Å². The van der Waals surface area contributed by atoms with Gasteiger partial charge in [-0.2, -0.15) is 0 Å². The SMILES string of the molecule is C=C/C=C(\C)NC(=O)N(CCOC(C)Oc1ccc(C(C)CC)cc1)C(=O)Nc1ccccc1. The molecule has 182 valence electrons. The first-order valence-electron chi connectivity index (χ1n) is 11.5. The summed E-state index contributed by atoms with van der Waals surface area (Å²) < 4.78 is 11.5. The largest absolute Gasteiger partial charge is 0.465 e. The molecule has 0 heterocycles. The maximum absolute atomic E-state index is 12.8. The van der Waals surface area contributed by atoms with Gasteiger partial charge in [0.25, 0.3) is 0 Å². The molecule has 2 atom stereocenters. The lowest BCUT2D eigenvalue weighted by Gasteiger charge is -2.23. The van der Waals surface area contributed by atoms with Crippen LogP contribution >= 0.6 is 0 Å². The summed E-state index contributed by atoms with van der Waals surface area (Å²) in [5, 5.41) is 5.40. The smallest absolute Gasteiger partial charge is 0.330 e. The van der Waals surface area contributed by atoms with Gasteiger partial charge >= 0.3 is 12.1 Å². The van der Waals surface area contributed by atoms with Crippen molar-refractivity contribution in [3.05, 3.63) is 84.6 Å². The molecule has 0 saturated carbocycles. The molecule has 0 aliphatic heterocycles. The summed E-state index contributed by atoms with van der Waals surface area (Å²) in [6.07, 6.45) is 3.72. The number of para-hydroxylation sites is 1. The molecule has 2 unspecified atom stereocenters. The molecule has 34 heavy (non-hydrogen) atoms. The first-order valence-corrected chi connectivity index (χ1v) is 11.5. The van der Waals surface area contributed by atoms with Gasteiger partial charge in [-0.1, -0.05) is 56.8 Å². The minimum Gasteiger partial charge on any atom is -0.465 e. The van der Waals surface area contributed by atoms with Gasteiger partial charge in [0.05, 0.1) is 13.2 Å². The fourth-order valence-electron chi connectivity index (χ4n) is 3.11. The Morgan fingerprint density at radius 1 is 1.06 bits per heavy atom. The molecule has 4 amide bonds. The molecule has 7 heteroatoms. The van der Waals surface area contributed by atoms with E-state index < -0.39 is 18.4 Å². The molecule has 0 aromatic heterocycles. The third kappa shape index (κ3) is 8.75. The van der Waals surface area contributed by atoms with Crippen molar-refractivity contribution in [3.63, 3.8) is 0 Å². The van der Waals surface area contributed by atoms with Gasteiger partial charge in [-0.15, -0.1) is 0 Å². The number of amides is 4. The fraction of sp³-hybridized carbons (Fsp3) is 0.333. The zero-order valence-corrected chi connectivity index (χ0v) is 20.4. The normalized spacial score (nSPS) is 12.9. The van der Waals surface area contributed by atoms with Gasteiger partial charge in [0.1, 0.15) is 5.75 Å². The van der Waals surface area contributed by atoms with E-state index in [1.807, 2.05) is 18.2 Å². The van der Waals surface area contributed by atoms with E-state index in [1.54, 1.807) is 50.3 Å². The van der Waals surface area contributed by atoms with Crippen LogP contribution in [0.1, 0.15) is 45.6 Å². The first kappa shape index (κ1) is 26.7. The molecular formula is C27H35N3O4. The number of urea groups is 2. The number of nitrogens with one attached hydrogen (secondary N) is 2. The molecule has 0 aliphatic carbocycles. The summed E-state index contributed by atoms with van der Waals surface area (Å²) in [4.78, 5) is 26.6. The van der Waals surface area contributed by atoms with E-state index in [0.717, 1.165) is 11.3 Å². The molecule has 2 aromatic carbocycles. The van der Waals surface area contributed by atoms with Crippen LogP contribution in [0.25, 0.3) is 0 Å². The Labute approximate surface area is 202 Å². The predicted octanol–water partition coefficient (Wildman–Crippen LogP) is 6.28. The van der Waals surface area contributed by atoms with Crippen molar-refractivity contribution in [2.24, 2.45) is 0 Å². The molecule has 0 fully saturated rings. The van der Waals surface area contributed by atoms with Crippen LogP contribution in [0.3, 0.4) is 0 Å². The number of rotatable bonds is 11. The Kier molecular flexibility index (Phi) is 10.9. The van der Waals surface area contributed by atoms with Crippen molar-refractivity contribution in [2.45, 2.75) is 46.3 Å². The van der Waals surface area contributed by atoms with Crippen molar-refractivity contribution < 1.29 is 19.1 Å². The number of imide groups is 1. The van der Waals surface area contributed by atoms with Crippen molar-refractivity contribution in [2.75, 3.05) is 18.5 Å². The summed E-state index contributed by atoms with van der Waals surface area (Å²) in [6, 6.07) is 15.7. The highest BCUT2D eigenvalue weighted by molar-refractivity contribution is 6.01. The summed E-state index contributed by atoms with van der Waals surface area (Å²) in [7, 11) is 0. The number of hydrogen-bond donors (Lipinski definition) is 2. The number of ether oxygens (including phenoxy) is 2. The minimum atomic E-state index is -0.568. The van der Waals surface area contributed by atoms with E-state index in [1.165, 1.54) is 5.56 Å². The van der Waals surface area contributed by atoms with E-state index in [4.69, 9.17) is 9.47 Å². The molecular weight excluding hydrogens is 430 g/mol. The van der Waals surface area contributed by atoms with Crippen LogP contribution < -0.4 is 15.4 Å². The third-order valence-corrected chi connectivity index (χ3v) is 5.22. The second-order valence-corrected chi connectivity index (χ2v) is 7.90. The highest BCUT2D eigenvalue weighted by Gasteiger charge is 2.22. The lowest BCUT2D eigenvalue weighted by molar-refractivity contribution is -0.0681. The maximum atomic E-state index is 12.8. The standard InChI is InChI=1S/C27H35N3O4/c1-6-11-21(4)28-26(31)30(27(32)29-24-12-9-8-10-13-24)18-19-33-22(5)34-25-16-14-23(15-17-25)20(3)7-2/h6,8-17,20,22H,1,7,18-19H2,2-5H3,(H,28,31)(H,29,32)/b21-11+. The molecule has 0 saturated heterocycles. The Morgan fingerprint density at radius 3 is 2.35 bits per heavy atom. The minimum absolute atomic E-state index is 0.0342. The van der Waals surface area contributed by atoms with Crippen molar-refractivity contribution in [3.8, 4) is 5.75 Å². The van der Waals surface area contributed by atoms with Crippen LogP contribution in [0.4, 0.5) is 15.3 Å². The summed E-state index contributed by atoms with van der Waals surface area (Å²) in [6.45, 7) is 11.6. The number of allylic oxidation sites excluding steroid dienone is 3. The van der Waals surface area contributed by atoms with Gasteiger partial charge in [-0.3, -0.25) is 0 Å². The van der Waals surface area contributed by atoms with Crippen LogP contribution in [0.15, 0.2) is 79.0 Å². The van der Waals surface area contributed by atoms with Crippen molar-refractivity contribution in [1.29, 1.82) is 0 Å². The number of hydrogen-bond acceptors (Lipinski definition) is 4. The van der Waals surface area contributed by atoms with E-state index in [0.29, 0.717) is 23.1 Å². The van der Waals surface area contributed by atoms with Gasteiger partial charge in [0, 0.05) is 11.4 Å². The molecule has 2 N–H and O–H groups in total. The van der Waals surface area contributed by atoms with Gasteiger partial charge in [0.15, 0.2) is 6.29 Å². The lowest BCUT2D eigenvalue weighted by atomic mass is 9.99. The van der Waals surface area contributed by atoms with Crippen molar-refractivity contribution in [1.82, 2.24) is 10.2 Å². The zero-order valence-electron chi connectivity index (χ0n) is 20.4.